The lowest BCUT2D eigenvalue weighted by molar-refractivity contribution is 0.0767. The summed E-state index contributed by atoms with van der Waals surface area (Å²) in [5.74, 6) is 0. The van der Waals surface area contributed by atoms with Gasteiger partial charge in [0.15, 0.2) is 0 Å². The second-order valence-electron chi connectivity index (χ2n) is 3.44. The molecule has 0 unspecified atom stereocenters. The fraction of sp³-hybridized carbons (Fsp3) is 0.455. The van der Waals surface area contributed by atoms with E-state index in [0.717, 1.165) is 19.8 Å². The van der Waals surface area contributed by atoms with Gasteiger partial charge in [0, 0.05) is 6.54 Å². The van der Waals surface area contributed by atoms with E-state index in [1.165, 1.54) is 11.1 Å². The molecule has 1 N–H and O–H groups in total. The van der Waals surface area contributed by atoms with Gasteiger partial charge in [-0.2, -0.15) is 0 Å². The summed E-state index contributed by atoms with van der Waals surface area (Å²) < 4.78 is 5.43. The molecule has 1 heterocycles. The summed E-state index contributed by atoms with van der Waals surface area (Å²) in [5, 5.41) is 3.45. The van der Waals surface area contributed by atoms with Crippen LogP contribution in [0.4, 0.5) is 0 Å². The molecule has 2 rings (SSSR count). The van der Waals surface area contributed by atoms with Crippen molar-refractivity contribution >= 4 is 12.4 Å². The number of ether oxygens (including phenoxy) is 1. The average molecular weight is 214 g/mol. The van der Waals surface area contributed by atoms with Crippen molar-refractivity contribution in [2.75, 3.05) is 19.8 Å². The number of morpholine rings is 1. The molecule has 2 nitrogen and oxygen atoms in total. The number of aryl methyl sites for hydroxylation is 1. The Morgan fingerprint density at radius 1 is 1.36 bits per heavy atom. The van der Waals surface area contributed by atoms with Gasteiger partial charge < -0.3 is 10.1 Å². The molecule has 0 spiro atoms. The van der Waals surface area contributed by atoms with Crippen molar-refractivity contribution in [1.82, 2.24) is 5.32 Å². The molecule has 1 atom stereocenters. The van der Waals surface area contributed by atoms with E-state index >= 15 is 0 Å². The van der Waals surface area contributed by atoms with E-state index in [1.54, 1.807) is 0 Å². The molecule has 0 radical (unpaired) electrons. The average Bonchev–Trinajstić information content (AvgIpc) is 2.20. The van der Waals surface area contributed by atoms with E-state index in [4.69, 9.17) is 4.74 Å². The van der Waals surface area contributed by atoms with Gasteiger partial charge in [0.05, 0.1) is 19.3 Å². The first-order valence-corrected chi connectivity index (χ1v) is 4.74. The molecular weight excluding hydrogens is 198 g/mol. The van der Waals surface area contributed by atoms with Gasteiger partial charge in [0.1, 0.15) is 0 Å². The number of benzene rings is 1. The van der Waals surface area contributed by atoms with Gasteiger partial charge in [0.25, 0.3) is 0 Å². The van der Waals surface area contributed by atoms with Crippen LogP contribution in [0.2, 0.25) is 0 Å². The van der Waals surface area contributed by atoms with Crippen molar-refractivity contribution in [2.45, 2.75) is 13.0 Å². The fourth-order valence-corrected chi connectivity index (χ4v) is 1.74. The van der Waals surface area contributed by atoms with E-state index < -0.39 is 0 Å². The predicted molar refractivity (Wildman–Crippen MR) is 60.0 cm³/mol. The van der Waals surface area contributed by atoms with Gasteiger partial charge in [0.2, 0.25) is 0 Å². The smallest absolute Gasteiger partial charge is 0.0662 e. The molecule has 0 bridgehead atoms. The highest BCUT2D eigenvalue weighted by Gasteiger charge is 2.15. The third-order valence-electron chi connectivity index (χ3n) is 2.49. The first-order valence-electron chi connectivity index (χ1n) is 4.74. The summed E-state index contributed by atoms with van der Waals surface area (Å²) in [6.45, 7) is 4.73. The van der Waals surface area contributed by atoms with Crippen LogP contribution in [-0.4, -0.2) is 19.8 Å². The van der Waals surface area contributed by atoms with Crippen LogP contribution in [0.25, 0.3) is 0 Å². The van der Waals surface area contributed by atoms with Crippen molar-refractivity contribution in [1.29, 1.82) is 0 Å². The molecule has 0 amide bonds. The van der Waals surface area contributed by atoms with Gasteiger partial charge in [-0.1, -0.05) is 24.3 Å². The molecule has 14 heavy (non-hydrogen) atoms. The summed E-state index contributed by atoms with van der Waals surface area (Å²) in [6.07, 6.45) is 0. The molecule has 1 aromatic rings. The van der Waals surface area contributed by atoms with E-state index in [0.29, 0.717) is 6.04 Å². The highest BCUT2D eigenvalue weighted by Crippen LogP contribution is 2.18. The summed E-state index contributed by atoms with van der Waals surface area (Å²) >= 11 is 0. The lowest BCUT2D eigenvalue weighted by Crippen LogP contribution is -2.34. The first-order chi connectivity index (χ1) is 6.38. The molecule has 1 aliphatic rings. The molecule has 0 aliphatic carbocycles. The minimum Gasteiger partial charge on any atom is -0.378 e. The largest absolute Gasteiger partial charge is 0.378 e. The molecule has 78 valence electrons. The normalized spacial score (nSPS) is 21.4. The van der Waals surface area contributed by atoms with Crippen LogP contribution in [-0.2, 0) is 4.74 Å². The quantitative estimate of drug-likeness (QED) is 0.772. The van der Waals surface area contributed by atoms with Gasteiger partial charge in [-0.25, -0.2) is 0 Å². The highest BCUT2D eigenvalue weighted by molar-refractivity contribution is 5.85. The summed E-state index contributed by atoms with van der Waals surface area (Å²) in [4.78, 5) is 0. The highest BCUT2D eigenvalue weighted by atomic mass is 35.5. The van der Waals surface area contributed by atoms with Gasteiger partial charge in [-0.3, -0.25) is 0 Å². The molecule has 0 saturated carbocycles. The van der Waals surface area contributed by atoms with Crippen LogP contribution in [0.3, 0.4) is 0 Å². The van der Waals surface area contributed by atoms with Crippen molar-refractivity contribution in [3.63, 3.8) is 0 Å². The third kappa shape index (κ3) is 2.47. The Labute approximate surface area is 91.1 Å². The molecular formula is C11H16ClNO. The van der Waals surface area contributed by atoms with E-state index in [1.807, 2.05) is 0 Å². The lowest BCUT2D eigenvalue weighted by atomic mass is 10.0. The SMILES string of the molecule is Cc1ccccc1[C@H]1COCCN1.Cl. The maximum absolute atomic E-state index is 5.43. The molecule has 1 aliphatic heterocycles. The summed E-state index contributed by atoms with van der Waals surface area (Å²) in [5.41, 5.74) is 2.70. The number of hydrogen-bond acceptors (Lipinski definition) is 2. The Morgan fingerprint density at radius 2 is 2.14 bits per heavy atom. The summed E-state index contributed by atoms with van der Waals surface area (Å²) in [6, 6.07) is 8.85. The van der Waals surface area contributed by atoms with Crippen LogP contribution >= 0.6 is 12.4 Å². The number of hydrogen-bond donors (Lipinski definition) is 1. The van der Waals surface area contributed by atoms with Gasteiger partial charge in [-0.05, 0) is 18.1 Å². The van der Waals surface area contributed by atoms with E-state index in [-0.39, 0.29) is 12.4 Å². The molecule has 1 saturated heterocycles. The first kappa shape index (κ1) is 11.5. The minimum atomic E-state index is 0. The van der Waals surface area contributed by atoms with Crippen molar-refractivity contribution in [3.8, 4) is 0 Å². The second-order valence-corrected chi connectivity index (χ2v) is 3.44. The van der Waals surface area contributed by atoms with Crippen LogP contribution < -0.4 is 5.32 Å². The van der Waals surface area contributed by atoms with Crippen molar-refractivity contribution in [2.24, 2.45) is 0 Å². The Balaban J connectivity index is 0.000000980. The van der Waals surface area contributed by atoms with Gasteiger partial charge >= 0.3 is 0 Å². The monoisotopic (exact) mass is 213 g/mol. The van der Waals surface area contributed by atoms with E-state index in [2.05, 4.69) is 36.5 Å². The molecule has 1 aromatic carbocycles. The van der Waals surface area contributed by atoms with Crippen LogP contribution in [0.1, 0.15) is 17.2 Å². The Bertz CT molecular complexity index is 284. The second kappa shape index (κ2) is 5.35. The predicted octanol–water partition coefficient (Wildman–Crippen LogP) is 2.08. The number of nitrogens with one attached hydrogen (secondary N) is 1. The zero-order chi connectivity index (χ0) is 9.10. The number of rotatable bonds is 1. The Morgan fingerprint density at radius 3 is 2.79 bits per heavy atom. The zero-order valence-electron chi connectivity index (χ0n) is 8.32. The maximum atomic E-state index is 5.43. The van der Waals surface area contributed by atoms with Gasteiger partial charge in [-0.15, -0.1) is 12.4 Å². The minimum absolute atomic E-state index is 0. The topological polar surface area (TPSA) is 21.3 Å². The molecule has 0 aromatic heterocycles. The Hall–Kier alpha value is -0.570. The Kier molecular flexibility index (Phi) is 4.39. The van der Waals surface area contributed by atoms with Crippen molar-refractivity contribution < 1.29 is 4.74 Å². The molecule has 3 heteroatoms. The van der Waals surface area contributed by atoms with Crippen LogP contribution in [0.15, 0.2) is 24.3 Å². The standard InChI is InChI=1S/C11H15NO.ClH/c1-9-4-2-3-5-10(9)11-8-13-7-6-12-11;/h2-5,11-12H,6-8H2,1H3;1H/t11-;/m1./s1. The van der Waals surface area contributed by atoms with Crippen molar-refractivity contribution in [3.05, 3.63) is 35.4 Å². The van der Waals surface area contributed by atoms with Crippen LogP contribution in [0.5, 0.6) is 0 Å². The van der Waals surface area contributed by atoms with E-state index in [9.17, 15) is 0 Å². The fourth-order valence-electron chi connectivity index (χ4n) is 1.74. The lowest BCUT2D eigenvalue weighted by Gasteiger charge is -2.25. The number of halogens is 1. The zero-order valence-corrected chi connectivity index (χ0v) is 9.14. The third-order valence-corrected chi connectivity index (χ3v) is 2.49. The van der Waals surface area contributed by atoms with Crippen LogP contribution in [0, 0.1) is 6.92 Å². The maximum Gasteiger partial charge on any atom is 0.0662 e. The summed E-state index contributed by atoms with van der Waals surface area (Å²) in [7, 11) is 0. The molecule has 1 fully saturated rings.